The van der Waals surface area contributed by atoms with Gasteiger partial charge in [0.15, 0.2) is 11.5 Å². The Labute approximate surface area is 189 Å². The molecule has 1 N–H and O–H groups in total. The number of carbonyl (C=O) groups excluding carboxylic acids is 1. The third-order valence-corrected chi connectivity index (χ3v) is 5.79. The number of benzene rings is 2. The van der Waals surface area contributed by atoms with Crippen molar-refractivity contribution in [2.75, 3.05) is 46.6 Å². The van der Waals surface area contributed by atoms with Crippen LogP contribution in [0.25, 0.3) is 0 Å². The molecule has 2 aromatic rings. The standard InChI is InChI=1S/C25H32N2O5/c1-29-21-5-7-22(8-6-21)30-13-10-25(28)26-20(18-27-11-2-3-12-27)16-19-4-9-23-24(17-19)32-15-14-31-23/h4-9,17,20H,2-3,10-16,18H2,1H3,(H,26,28)/t20-/m0/s1. The molecule has 32 heavy (non-hydrogen) atoms. The molecule has 0 radical (unpaired) electrons. The molecule has 172 valence electrons. The van der Waals surface area contributed by atoms with E-state index in [9.17, 15) is 4.79 Å². The van der Waals surface area contributed by atoms with Crippen LogP contribution in [0.4, 0.5) is 0 Å². The molecule has 1 saturated heterocycles. The molecule has 0 unspecified atom stereocenters. The van der Waals surface area contributed by atoms with E-state index in [-0.39, 0.29) is 11.9 Å². The summed E-state index contributed by atoms with van der Waals surface area (Å²) in [5.41, 5.74) is 1.13. The molecule has 0 aliphatic carbocycles. The smallest absolute Gasteiger partial charge is 0.223 e. The molecule has 0 saturated carbocycles. The zero-order valence-corrected chi connectivity index (χ0v) is 18.7. The van der Waals surface area contributed by atoms with E-state index in [0.717, 1.165) is 54.6 Å². The molecule has 2 heterocycles. The van der Waals surface area contributed by atoms with Crippen LogP contribution in [-0.2, 0) is 11.2 Å². The van der Waals surface area contributed by atoms with Gasteiger partial charge in [-0.2, -0.15) is 0 Å². The molecule has 7 nitrogen and oxygen atoms in total. The molecule has 1 atom stereocenters. The first-order chi connectivity index (χ1) is 15.7. The van der Waals surface area contributed by atoms with E-state index in [1.165, 1.54) is 12.8 Å². The van der Waals surface area contributed by atoms with Crippen LogP contribution in [0.5, 0.6) is 23.0 Å². The number of hydrogen-bond acceptors (Lipinski definition) is 6. The third-order valence-electron chi connectivity index (χ3n) is 5.79. The molecule has 2 aliphatic heterocycles. The molecule has 1 fully saturated rings. The molecule has 2 aliphatic rings. The van der Waals surface area contributed by atoms with Crippen molar-refractivity contribution in [3.63, 3.8) is 0 Å². The predicted octanol–water partition coefficient (Wildman–Crippen LogP) is 3.06. The summed E-state index contributed by atoms with van der Waals surface area (Å²) in [4.78, 5) is 15.1. The maximum absolute atomic E-state index is 12.7. The lowest BCUT2D eigenvalue weighted by Crippen LogP contribution is -2.44. The van der Waals surface area contributed by atoms with E-state index in [1.54, 1.807) is 7.11 Å². The molecule has 7 heteroatoms. The van der Waals surface area contributed by atoms with Crippen molar-refractivity contribution < 1.29 is 23.7 Å². The number of nitrogens with one attached hydrogen (secondary N) is 1. The van der Waals surface area contributed by atoms with E-state index < -0.39 is 0 Å². The number of likely N-dealkylation sites (tertiary alicyclic amines) is 1. The number of fused-ring (bicyclic) bond motifs is 1. The van der Waals surface area contributed by atoms with Crippen LogP contribution in [0.1, 0.15) is 24.8 Å². The van der Waals surface area contributed by atoms with Crippen molar-refractivity contribution in [1.82, 2.24) is 10.2 Å². The lowest BCUT2D eigenvalue weighted by Gasteiger charge is -2.25. The van der Waals surface area contributed by atoms with Gasteiger partial charge in [0.2, 0.25) is 5.91 Å². The van der Waals surface area contributed by atoms with Gasteiger partial charge in [0.25, 0.3) is 0 Å². The Hall–Kier alpha value is -2.93. The first kappa shape index (κ1) is 22.3. The number of ether oxygens (including phenoxy) is 4. The van der Waals surface area contributed by atoms with Gasteiger partial charge in [-0.15, -0.1) is 0 Å². The largest absolute Gasteiger partial charge is 0.497 e. The van der Waals surface area contributed by atoms with E-state index >= 15 is 0 Å². The lowest BCUT2D eigenvalue weighted by atomic mass is 10.0. The van der Waals surface area contributed by atoms with Crippen LogP contribution in [0, 0.1) is 0 Å². The molecule has 1 amide bonds. The summed E-state index contributed by atoms with van der Waals surface area (Å²) in [5.74, 6) is 3.08. The summed E-state index contributed by atoms with van der Waals surface area (Å²) in [6.07, 6.45) is 3.50. The Kier molecular flexibility index (Phi) is 7.72. The fourth-order valence-corrected chi connectivity index (χ4v) is 4.17. The van der Waals surface area contributed by atoms with Crippen LogP contribution in [-0.4, -0.2) is 63.4 Å². The fraction of sp³-hybridized carbons (Fsp3) is 0.480. The summed E-state index contributed by atoms with van der Waals surface area (Å²) in [6, 6.07) is 13.5. The van der Waals surface area contributed by atoms with E-state index in [4.69, 9.17) is 18.9 Å². The summed E-state index contributed by atoms with van der Waals surface area (Å²) < 4.78 is 22.2. The summed E-state index contributed by atoms with van der Waals surface area (Å²) in [7, 11) is 1.63. The average molecular weight is 441 g/mol. The molecule has 0 bridgehead atoms. The van der Waals surface area contributed by atoms with Crippen molar-refractivity contribution in [2.45, 2.75) is 31.7 Å². The van der Waals surface area contributed by atoms with Crippen LogP contribution >= 0.6 is 0 Å². The third kappa shape index (κ3) is 6.29. The van der Waals surface area contributed by atoms with Gasteiger partial charge in [-0.25, -0.2) is 0 Å². The van der Waals surface area contributed by atoms with E-state index in [2.05, 4.69) is 16.3 Å². The van der Waals surface area contributed by atoms with Crippen LogP contribution < -0.4 is 24.3 Å². The molecule has 2 aromatic carbocycles. The zero-order chi connectivity index (χ0) is 22.2. The topological polar surface area (TPSA) is 69.3 Å². The first-order valence-corrected chi connectivity index (χ1v) is 11.4. The second kappa shape index (κ2) is 11.1. The van der Waals surface area contributed by atoms with Crippen molar-refractivity contribution in [3.05, 3.63) is 48.0 Å². The van der Waals surface area contributed by atoms with Gasteiger partial charge in [-0.05, 0) is 74.3 Å². The minimum absolute atomic E-state index is 0.000233. The molecule has 4 rings (SSSR count). The number of carbonyl (C=O) groups is 1. The van der Waals surface area contributed by atoms with Crippen LogP contribution in [0.15, 0.2) is 42.5 Å². The van der Waals surface area contributed by atoms with Gasteiger partial charge in [-0.1, -0.05) is 6.07 Å². The number of nitrogens with zero attached hydrogens (tertiary/aromatic N) is 1. The first-order valence-electron chi connectivity index (χ1n) is 11.4. The van der Waals surface area contributed by atoms with Crippen LogP contribution in [0.3, 0.4) is 0 Å². The Morgan fingerprint density at radius 2 is 1.75 bits per heavy atom. The highest BCUT2D eigenvalue weighted by atomic mass is 16.6. The monoisotopic (exact) mass is 440 g/mol. The van der Waals surface area contributed by atoms with Gasteiger partial charge in [0, 0.05) is 12.6 Å². The predicted molar refractivity (Wildman–Crippen MR) is 122 cm³/mol. The minimum atomic E-state index is 0.000233. The molecule has 0 aromatic heterocycles. The van der Waals surface area contributed by atoms with Gasteiger partial charge in [0.05, 0.1) is 20.1 Å². The molecular weight excluding hydrogens is 408 g/mol. The Balaban J connectivity index is 1.31. The highest BCUT2D eigenvalue weighted by Gasteiger charge is 2.21. The second-order valence-corrected chi connectivity index (χ2v) is 8.23. The van der Waals surface area contributed by atoms with Gasteiger partial charge >= 0.3 is 0 Å². The zero-order valence-electron chi connectivity index (χ0n) is 18.7. The summed E-state index contributed by atoms with van der Waals surface area (Å²) in [6.45, 7) is 4.51. The number of amides is 1. The SMILES string of the molecule is COc1ccc(OCCC(=O)N[C@@H](Cc2ccc3c(c2)OCCO3)CN2CCCC2)cc1. The fourth-order valence-electron chi connectivity index (χ4n) is 4.17. The molecular formula is C25H32N2O5. The van der Waals surface area contributed by atoms with E-state index in [1.807, 2.05) is 36.4 Å². The normalized spacial score (nSPS) is 16.4. The van der Waals surface area contributed by atoms with Gasteiger partial charge in [-0.3, -0.25) is 4.79 Å². The van der Waals surface area contributed by atoms with Gasteiger partial charge < -0.3 is 29.2 Å². The summed E-state index contributed by atoms with van der Waals surface area (Å²) >= 11 is 0. The maximum Gasteiger partial charge on any atom is 0.223 e. The quantitative estimate of drug-likeness (QED) is 0.613. The number of hydrogen-bond donors (Lipinski definition) is 1. The van der Waals surface area contributed by atoms with Crippen molar-refractivity contribution in [3.8, 4) is 23.0 Å². The highest BCUT2D eigenvalue weighted by molar-refractivity contribution is 5.76. The van der Waals surface area contributed by atoms with Crippen molar-refractivity contribution in [1.29, 1.82) is 0 Å². The molecule has 0 spiro atoms. The van der Waals surface area contributed by atoms with Crippen molar-refractivity contribution >= 4 is 5.91 Å². The van der Waals surface area contributed by atoms with Crippen LogP contribution in [0.2, 0.25) is 0 Å². The number of rotatable bonds is 10. The minimum Gasteiger partial charge on any atom is -0.497 e. The highest BCUT2D eigenvalue weighted by Crippen LogP contribution is 2.31. The van der Waals surface area contributed by atoms with Crippen molar-refractivity contribution in [2.24, 2.45) is 0 Å². The Morgan fingerprint density at radius 1 is 1.03 bits per heavy atom. The Bertz CT molecular complexity index is 880. The second-order valence-electron chi connectivity index (χ2n) is 8.23. The van der Waals surface area contributed by atoms with E-state index in [0.29, 0.717) is 26.2 Å². The lowest BCUT2D eigenvalue weighted by molar-refractivity contribution is -0.122. The Morgan fingerprint density at radius 3 is 2.50 bits per heavy atom. The summed E-state index contributed by atoms with van der Waals surface area (Å²) in [5, 5.41) is 3.22. The average Bonchev–Trinajstić information content (AvgIpc) is 3.32. The maximum atomic E-state index is 12.7. The van der Waals surface area contributed by atoms with Gasteiger partial charge in [0.1, 0.15) is 24.7 Å². The number of methoxy groups -OCH3 is 1.